The van der Waals surface area contributed by atoms with Crippen molar-refractivity contribution in [2.24, 2.45) is 0 Å². The summed E-state index contributed by atoms with van der Waals surface area (Å²) < 4.78 is 5.06. The number of ether oxygens (including phenoxy) is 1. The molecule has 100 valence electrons. The molecule has 0 aromatic carbocycles. The van der Waals surface area contributed by atoms with Crippen molar-refractivity contribution in [2.75, 3.05) is 7.11 Å². The number of carboxylic acid groups (broad SMARTS) is 1. The van der Waals surface area contributed by atoms with Gasteiger partial charge >= 0.3 is 5.97 Å². The van der Waals surface area contributed by atoms with Gasteiger partial charge in [-0.25, -0.2) is 0 Å². The van der Waals surface area contributed by atoms with Crippen LogP contribution in [0.2, 0.25) is 0 Å². The molecular weight excluding hydrogens is 254 g/mol. The van der Waals surface area contributed by atoms with Crippen LogP contribution in [-0.4, -0.2) is 30.1 Å². The molecule has 0 saturated carbocycles. The summed E-state index contributed by atoms with van der Waals surface area (Å²) in [6.07, 6.45) is 1.40. The van der Waals surface area contributed by atoms with Crippen molar-refractivity contribution in [2.45, 2.75) is 32.2 Å². The molecule has 0 spiro atoms. The second-order valence-electron chi connectivity index (χ2n) is 3.88. The van der Waals surface area contributed by atoms with E-state index >= 15 is 0 Å². The number of methoxy groups -OCH3 is 1. The highest BCUT2D eigenvalue weighted by molar-refractivity contribution is 7.12. The van der Waals surface area contributed by atoms with Gasteiger partial charge in [0.15, 0.2) is 0 Å². The molecule has 0 aliphatic rings. The van der Waals surface area contributed by atoms with E-state index in [2.05, 4.69) is 5.32 Å². The van der Waals surface area contributed by atoms with Gasteiger partial charge in [0.2, 0.25) is 0 Å². The lowest BCUT2D eigenvalue weighted by molar-refractivity contribution is -0.137. The number of amides is 1. The van der Waals surface area contributed by atoms with E-state index in [0.29, 0.717) is 17.0 Å². The lowest BCUT2D eigenvalue weighted by atomic mass is 10.1. The van der Waals surface area contributed by atoms with Crippen molar-refractivity contribution >= 4 is 23.2 Å². The van der Waals surface area contributed by atoms with Gasteiger partial charge in [0.1, 0.15) is 10.6 Å². The molecule has 18 heavy (non-hydrogen) atoms. The zero-order valence-electron chi connectivity index (χ0n) is 10.4. The number of carbonyl (C=O) groups is 2. The van der Waals surface area contributed by atoms with Crippen molar-refractivity contribution in [3.63, 3.8) is 0 Å². The average Bonchev–Trinajstić information content (AvgIpc) is 2.76. The van der Waals surface area contributed by atoms with E-state index in [4.69, 9.17) is 9.84 Å². The van der Waals surface area contributed by atoms with Gasteiger partial charge in [-0.15, -0.1) is 11.3 Å². The van der Waals surface area contributed by atoms with Crippen LogP contribution in [0, 0.1) is 0 Å². The second kappa shape index (κ2) is 7.00. The first-order chi connectivity index (χ1) is 8.58. The maximum Gasteiger partial charge on any atom is 0.305 e. The minimum atomic E-state index is -0.910. The summed E-state index contributed by atoms with van der Waals surface area (Å²) in [5.41, 5.74) is 0. The fourth-order valence-electron chi connectivity index (χ4n) is 1.66. The Hall–Kier alpha value is -1.56. The Morgan fingerprint density at radius 1 is 1.56 bits per heavy atom. The van der Waals surface area contributed by atoms with Gasteiger partial charge in [0, 0.05) is 6.04 Å². The molecule has 1 aromatic rings. The van der Waals surface area contributed by atoms with Crippen LogP contribution in [0.15, 0.2) is 11.4 Å². The Kier molecular flexibility index (Phi) is 5.64. The molecular formula is C12H17NO4S. The third-order valence-corrected chi connectivity index (χ3v) is 3.34. The first-order valence-corrected chi connectivity index (χ1v) is 6.60. The normalized spacial score (nSPS) is 11.9. The van der Waals surface area contributed by atoms with E-state index in [1.54, 1.807) is 11.4 Å². The molecule has 1 atom stereocenters. The molecule has 2 N–H and O–H groups in total. The summed E-state index contributed by atoms with van der Waals surface area (Å²) in [5.74, 6) is -0.670. The van der Waals surface area contributed by atoms with Crippen molar-refractivity contribution in [1.29, 1.82) is 0 Å². The van der Waals surface area contributed by atoms with Gasteiger partial charge in [-0.05, 0) is 17.9 Å². The zero-order valence-corrected chi connectivity index (χ0v) is 11.3. The van der Waals surface area contributed by atoms with Gasteiger partial charge in [0.25, 0.3) is 5.91 Å². The van der Waals surface area contributed by atoms with Gasteiger partial charge in [0.05, 0.1) is 13.5 Å². The standard InChI is InChI=1S/C12H17NO4S/c1-3-4-8(7-10(14)15)13-12(16)11-9(17-2)5-6-18-11/h5-6,8H,3-4,7H2,1-2H3,(H,13,16)(H,14,15). The summed E-state index contributed by atoms with van der Waals surface area (Å²) in [6, 6.07) is 1.37. The highest BCUT2D eigenvalue weighted by atomic mass is 32.1. The highest BCUT2D eigenvalue weighted by Crippen LogP contribution is 2.24. The lowest BCUT2D eigenvalue weighted by Gasteiger charge is -2.15. The van der Waals surface area contributed by atoms with Crippen LogP contribution in [0.5, 0.6) is 5.75 Å². The largest absolute Gasteiger partial charge is 0.495 e. The van der Waals surface area contributed by atoms with E-state index in [0.717, 1.165) is 6.42 Å². The number of rotatable bonds is 7. The molecule has 1 rings (SSSR count). The molecule has 5 nitrogen and oxygen atoms in total. The molecule has 0 saturated heterocycles. The Morgan fingerprint density at radius 3 is 2.83 bits per heavy atom. The molecule has 0 bridgehead atoms. The van der Waals surface area contributed by atoms with Gasteiger partial charge < -0.3 is 15.2 Å². The predicted octanol–water partition coefficient (Wildman–Crippen LogP) is 2.13. The SMILES string of the molecule is CCCC(CC(=O)O)NC(=O)c1sccc1OC. The monoisotopic (exact) mass is 271 g/mol. The Balaban J connectivity index is 2.68. The number of nitrogens with one attached hydrogen (secondary N) is 1. The van der Waals surface area contributed by atoms with E-state index in [9.17, 15) is 9.59 Å². The topological polar surface area (TPSA) is 75.6 Å². The van der Waals surface area contributed by atoms with Crippen molar-refractivity contribution in [1.82, 2.24) is 5.32 Å². The first-order valence-electron chi connectivity index (χ1n) is 5.72. The van der Waals surface area contributed by atoms with Crippen LogP contribution < -0.4 is 10.1 Å². The van der Waals surface area contributed by atoms with Gasteiger partial charge in [-0.3, -0.25) is 9.59 Å². The molecule has 6 heteroatoms. The average molecular weight is 271 g/mol. The molecule has 1 amide bonds. The van der Waals surface area contributed by atoms with Crippen LogP contribution in [0.25, 0.3) is 0 Å². The van der Waals surface area contributed by atoms with Crippen molar-refractivity contribution in [3.8, 4) is 5.75 Å². The molecule has 0 aliphatic carbocycles. The van der Waals surface area contributed by atoms with E-state index < -0.39 is 5.97 Å². The van der Waals surface area contributed by atoms with Gasteiger partial charge in [-0.1, -0.05) is 13.3 Å². The van der Waals surface area contributed by atoms with E-state index in [-0.39, 0.29) is 18.4 Å². The summed E-state index contributed by atoms with van der Waals surface area (Å²) in [5, 5.41) is 13.3. The van der Waals surface area contributed by atoms with Crippen LogP contribution in [0.1, 0.15) is 35.9 Å². The van der Waals surface area contributed by atoms with Gasteiger partial charge in [-0.2, -0.15) is 0 Å². The Bertz CT molecular complexity index is 416. The Labute approximate surface area is 110 Å². The molecule has 0 radical (unpaired) electrons. The Morgan fingerprint density at radius 2 is 2.28 bits per heavy atom. The third-order valence-electron chi connectivity index (χ3n) is 2.45. The number of aliphatic carboxylic acids is 1. The van der Waals surface area contributed by atoms with Crippen LogP contribution in [0.4, 0.5) is 0 Å². The number of hydrogen-bond donors (Lipinski definition) is 2. The van der Waals surface area contributed by atoms with E-state index in [1.165, 1.54) is 18.4 Å². The third kappa shape index (κ3) is 4.03. The predicted molar refractivity (Wildman–Crippen MR) is 69.3 cm³/mol. The molecule has 1 heterocycles. The van der Waals surface area contributed by atoms with Crippen LogP contribution >= 0.6 is 11.3 Å². The quantitative estimate of drug-likeness (QED) is 0.796. The number of hydrogen-bond acceptors (Lipinski definition) is 4. The smallest absolute Gasteiger partial charge is 0.305 e. The minimum Gasteiger partial charge on any atom is -0.495 e. The number of thiophene rings is 1. The number of carbonyl (C=O) groups excluding carboxylic acids is 1. The summed E-state index contributed by atoms with van der Waals surface area (Å²) in [7, 11) is 1.50. The molecule has 0 fully saturated rings. The molecule has 1 aromatic heterocycles. The summed E-state index contributed by atoms with van der Waals surface area (Å²) in [6.45, 7) is 1.95. The maximum absolute atomic E-state index is 12.0. The highest BCUT2D eigenvalue weighted by Gasteiger charge is 2.19. The van der Waals surface area contributed by atoms with E-state index in [1.807, 2.05) is 6.92 Å². The second-order valence-corrected chi connectivity index (χ2v) is 4.79. The minimum absolute atomic E-state index is 0.0622. The summed E-state index contributed by atoms with van der Waals surface area (Å²) >= 11 is 1.28. The maximum atomic E-state index is 12.0. The number of carboxylic acids is 1. The lowest BCUT2D eigenvalue weighted by Crippen LogP contribution is -2.36. The molecule has 1 unspecified atom stereocenters. The molecule has 0 aliphatic heterocycles. The van der Waals surface area contributed by atoms with Crippen molar-refractivity contribution < 1.29 is 19.4 Å². The van der Waals surface area contributed by atoms with Crippen LogP contribution in [-0.2, 0) is 4.79 Å². The summed E-state index contributed by atoms with van der Waals surface area (Å²) in [4.78, 5) is 23.2. The zero-order chi connectivity index (χ0) is 13.5. The fraction of sp³-hybridized carbons (Fsp3) is 0.500. The van der Waals surface area contributed by atoms with Crippen molar-refractivity contribution in [3.05, 3.63) is 16.3 Å². The van der Waals surface area contributed by atoms with Crippen LogP contribution in [0.3, 0.4) is 0 Å². The first kappa shape index (κ1) is 14.5. The fourth-order valence-corrected chi connectivity index (χ4v) is 2.42.